The van der Waals surface area contributed by atoms with Crippen molar-refractivity contribution in [2.24, 2.45) is 0 Å². The van der Waals surface area contributed by atoms with Crippen molar-refractivity contribution in [2.45, 2.75) is 18.7 Å². The summed E-state index contributed by atoms with van der Waals surface area (Å²) in [5, 5.41) is 4.11. The zero-order valence-corrected chi connectivity index (χ0v) is 18.0. The van der Waals surface area contributed by atoms with E-state index in [1.54, 1.807) is 61.3 Å². The maximum Gasteiger partial charge on any atom is 0.269 e. The quantitative estimate of drug-likeness (QED) is 0.544. The molecule has 1 heterocycles. The minimum Gasteiger partial charge on any atom is -0.267 e. The van der Waals surface area contributed by atoms with Crippen molar-refractivity contribution in [3.8, 4) is 5.69 Å². The lowest BCUT2D eigenvalue weighted by Crippen LogP contribution is -2.41. The molecule has 0 spiro atoms. The van der Waals surface area contributed by atoms with Crippen LogP contribution in [0, 0.1) is 0 Å². The van der Waals surface area contributed by atoms with Gasteiger partial charge in [0.1, 0.15) is 0 Å². The highest BCUT2D eigenvalue weighted by molar-refractivity contribution is 7.89. The maximum atomic E-state index is 12.7. The Kier molecular flexibility index (Phi) is 6.83. The van der Waals surface area contributed by atoms with Crippen molar-refractivity contribution in [3.63, 3.8) is 0 Å². The van der Waals surface area contributed by atoms with Crippen LogP contribution in [0.25, 0.3) is 5.69 Å². The highest BCUT2D eigenvalue weighted by Crippen LogP contribution is 2.17. The van der Waals surface area contributed by atoms with Crippen LogP contribution in [0.1, 0.15) is 34.6 Å². The van der Waals surface area contributed by atoms with E-state index in [1.165, 1.54) is 28.6 Å². The van der Waals surface area contributed by atoms with E-state index in [1.807, 2.05) is 0 Å². The summed E-state index contributed by atoms with van der Waals surface area (Å²) in [5.41, 5.74) is 5.89. The molecule has 0 unspecified atom stereocenters. The standard InChI is InChI=1S/C21H23N5O4S/c1-3-25(4-2)31(29,30)19-8-5-7-17(15-19)21(28)24-23-20(27)16-9-11-18(12-10-16)26-14-6-13-22-26/h5-15H,3-4H2,1-2H3,(H,23,27)(H,24,28). The van der Waals surface area contributed by atoms with Gasteiger partial charge >= 0.3 is 0 Å². The molecule has 31 heavy (non-hydrogen) atoms. The number of hydrogen-bond donors (Lipinski definition) is 2. The van der Waals surface area contributed by atoms with Gasteiger partial charge in [-0.25, -0.2) is 13.1 Å². The number of rotatable bonds is 7. The molecule has 0 fully saturated rings. The summed E-state index contributed by atoms with van der Waals surface area (Å²) >= 11 is 0. The van der Waals surface area contributed by atoms with Crippen LogP contribution in [0.4, 0.5) is 0 Å². The lowest BCUT2D eigenvalue weighted by Gasteiger charge is -2.18. The third-order valence-corrected chi connectivity index (χ3v) is 6.67. The Balaban J connectivity index is 1.66. The van der Waals surface area contributed by atoms with Crippen LogP contribution in [-0.2, 0) is 10.0 Å². The van der Waals surface area contributed by atoms with Gasteiger partial charge in [-0.3, -0.25) is 20.4 Å². The molecule has 10 heteroatoms. The van der Waals surface area contributed by atoms with Gasteiger partial charge in [-0.1, -0.05) is 19.9 Å². The van der Waals surface area contributed by atoms with Crippen molar-refractivity contribution in [1.29, 1.82) is 0 Å². The summed E-state index contributed by atoms with van der Waals surface area (Å²) in [6.45, 7) is 4.14. The predicted molar refractivity (Wildman–Crippen MR) is 115 cm³/mol. The van der Waals surface area contributed by atoms with E-state index >= 15 is 0 Å². The molecule has 0 aliphatic rings. The predicted octanol–water partition coefficient (Wildman–Crippen LogP) is 1.98. The maximum absolute atomic E-state index is 12.7. The number of hydrogen-bond acceptors (Lipinski definition) is 5. The molecule has 2 aromatic carbocycles. The first-order valence-corrected chi connectivity index (χ1v) is 11.1. The lowest BCUT2D eigenvalue weighted by atomic mass is 10.2. The fourth-order valence-electron chi connectivity index (χ4n) is 2.96. The summed E-state index contributed by atoms with van der Waals surface area (Å²) in [4.78, 5) is 24.8. The van der Waals surface area contributed by atoms with E-state index < -0.39 is 21.8 Å². The van der Waals surface area contributed by atoms with Gasteiger partial charge in [0, 0.05) is 36.6 Å². The molecule has 162 valence electrons. The first-order valence-electron chi connectivity index (χ1n) is 9.67. The minimum absolute atomic E-state index is 0.0180. The SMILES string of the molecule is CCN(CC)S(=O)(=O)c1cccc(C(=O)NNC(=O)c2ccc(-n3cccn3)cc2)c1. The fraction of sp³-hybridized carbons (Fsp3) is 0.190. The number of sulfonamides is 1. The Labute approximate surface area is 180 Å². The van der Waals surface area contributed by atoms with Crippen LogP contribution < -0.4 is 10.9 Å². The molecule has 3 aromatic rings. The van der Waals surface area contributed by atoms with Gasteiger partial charge in [-0.2, -0.15) is 9.40 Å². The Morgan fingerprint density at radius 1 is 0.935 bits per heavy atom. The summed E-state index contributed by atoms with van der Waals surface area (Å²) in [6, 6.07) is 14.1. The summed E-state index contributed by atoms with van der Waals surface area (Å²) < 4.78 is 28.3. The second kappa shape index (κ2) is 9.54. The van der Waals surface area contributed by atoms with Crippen LogP contribution in [0.2, 0.25) is 0 Å². The average molecular weight is 442 g/mol. The molecule has 0 bridgehead atoms. The Morgan fingerprint density at radius 2 is 1.58 bits per heavy atom. The van der Waals surface area contributed by atoms with Gasteiger partial charge < -0.3 is 0 Å². The minimum atomic E-state index is -3.70. The average Bonchev–Trinajstić information content (AvgIpc) is 3.33. The molecule has 1 aromatic heterocycles. The van der Waals surface area contributed by atoms with Crippen molar-refractivity contribution in [3.05, 3.63) is 78.1 Å². The van der Waals surface area contributed by atoms with Crippen molar-refractivity contribution < 1.29 is 18.0 Å². The molecule has 2 amide bonds. The molecule has 0 aliphatic carbocycles. The van der Waals surface area contributed by atoms with Crippen LogP contribution in [0.15, 0.2) is 71.9 Å². The smallest absolute Gasteiger partial charge is 0.267 e. The third kappa shape index (κ3) is 4.98. The van der Waals surface area contributed by atoms with E-state index in [4.69, 9.17) is 0 Å². The number of aromatic nitrogens is 2. The van der Waals surface area contributed by atoms with E-state index in [9.17, 15) is 18.0 Å². The summed E-state index contributed by atoms with van der Waals surface area (Å²) in [6.07, 6.45) is 3.43. The Bertz CT molecular complexity index is 1150. The Morgan fingerprint density at radius 3 is 2.16 bits per heavy atom. The van der Waals surface area contributed by atoms with Gasteiger partial charge in [0.2, 0.25) is 10.0 Å². The number of nitrogens with zero attached hydrogens (tertiary/aromatic N) is 3. The van der Waals surface area contributed by atoms with E-state index in [-0.39, 0.29) is 10.5 Å². The zero-order valence-electron chi connectivity index (χ0n) is 17.1. The van der Waals surface area contributed by atoms with Gasteiger partial charge in [0.15, 0.2) is 0 Å². The summed E-state index contributed by atoms with van der Waals surface area (Å²) in [5.74, 6) is -1.13. The largest absolute Gasteiger partial charge is 0.269 e. The van der Waals surface area contributed by atoms with Crippen molar-refractivity contribution in [1.82, 2.24) is 24.9 Å². The second-order valence-electron chi connectivity index (χ2n) is 6.52. The third-order valence-electron chi connectivity index (χ3n) is 4.63. The lowest BCUT2D eigenvalue weighted by molar-refractivity contribution is 0.0846. The molecule has 0 saturated carbocycles. The van der Waals surface area contributed by atoms with Gasteiger partial charge in [0.25, 0.3) is 11.8 Å². The van der Waals surface area contributed by atoms with Crippen LogP contribution >= 0.6 is 0 Å². The van der Waals surface area contributed by atoms with Gasteiger partial charge in [-0.05, 0) is 48.5 Å². The van der Waals surface area contributed by atoms with E-state index in [0.29, 0.717) is 18.7 Å². The number of benzene rings is 2. The molecule has 0 saturated heterocycles. The molecule has 3 rings (SSSR count). The summed E-state index contributed by atoms with van der Waals surface area (Å²) in [7, 11) is -3.70. The molecule has 0 radical (unpaired) electrons. The normalized spacial score (nSPS) is 11.3. The number of hydrazine groups is 1. The van der Waals surface area contributed by atoms with Gasteiger partial charge in [0.05, 0.1) is 10.6 Å². The second-order valence-corrected chi connectivity index (χ2v) is 8.46. The number of carbonyl (C=O) groups is 2. The molecular weight excluding hydrogens is 418 g/mol. The van der Waals surface area contributed by atoms with E-state index in [0.717, 1.165) is 5.69 Å². The molecule has 0 aliphatic heterocycles. The number of carbonyl (C=O) groups excluding carboxylic acids is 2. The van der Waals surface area contributed by atoms with Crippen LogP contribution in [0.5, 0.6) is 0 Å². The van der Waals surface area contributed by atoms with Crippen molar-refractivity contribution >= 4 is 21.8 Å². The first kappa shape index (κ1) is 22.2. The fourth-order valence-corrected chi connectivity index (χ4v) is 4.46. The van der Waals surface area contributed by atoms with Crippen molar-refractivity contribution in [2.75, 3.05) is 13.1 Å². The first-order chi connectivity index (χ1) is 14.9. The molecular formula is C21H23N5O4S. The van der Waals surface area contributed by atoms with Crippen LogP contribution in [-0.4, -0.2) is 47.4 Å². The molecule has 0 atom stereocenters. The van der Waals surface area contributed by atoms with Crippen LogP contribution in [0.3, 0.4) is 0 Å². The van der Waals surface area contributed by atoms with E-state index in [2.05, 4.69) is 16.0 Å². The zero-order chi connectivity index (χ0) is 22.4. The molecule has 9 nitrogen and oxygen atoms in total. The highest BCUT2D eigenvalue weighted by atomic mass is 32.2. The Hall–Kier alpha value is -3.50. The number of amides is 2. The number of nitrogens with one attached hydrogen (secondary N) is 2. The van der Waals surface area contributed by atoms with Gasteiger partial charge in [-0.15, -0.1) is 0 Å². The topological polar surface area (TPSA) is 113 Å². The monoisotopic (exact) mass is 441 g/mol. The highest BCUT2D eigenvalue weighted by Gasteiger charge is 2.22. The molecule has 2 N–H and O–H groups in total.